The molecule has 0 N–H and O–H groups in total. The van der Waals surface area contributed by atoms with Crippen molar-refractivity contribution in [3.05, 3.63) is 19.7 Å². The third kappa shape index (κ3) is 1.48. The number of fused-ring (bicyclic) bond motifs is 3. The topological polar surface area (TPSA) is 0 Å². The number of rotatable bonds is 0. The van der Waals surface area contributed by atoms with E-state index in [0.717, 1.165) is 0 Å². The van der Waals surface area contributed by atoms with Crippen LogP contribution in [-0.4, -0.2) is 13.3 Å². The number of halogens is 2. The Hall–Kier alpha value is 0.903. The predicted molar refractivity (Wildman–Crippen MR) is 79.8 cm³/mol. The zero-order valence-electron chi connectivity index (χ0n) is 8.23. The van der Waals surface area contributed by atoms with E-state index in [9.17, 15) is 0 Å². The fourth-order valence-corrected chi connectivity index (χ4v) is 15.9. The van der Waals surface area contributed by atoms with E-state index in [4.69, 9.17) is 0 Å². The van der Waals surface area contributed by atoms with Crippen molar-refractivity contribution < 1.29 is 0 Å². The van der Waals surface area contributed by atoms with Crippen LogP contribution >= 0.6 is 54.5 Å². The number of thiophene rings is 2. The molecule has 1 aliphatic heterocycles. The molecule has 0 saturated heterocycles. The molecule has 0 spiro atoms. The van der Waals surface area contributed by atoms with Crippen LogP contribution in [0.3, 0.4) is 0 Å². The van der Waals surface area contributed by atoms with Crippen LogP contribution < -0.4 is 8.79 Å². The molecular weight excluding hydrogens is 417 g/mol. The minimum absolute atomic E-state index is 1.28. The fraction of sp³-hybridized carbons (Fsp3) is 0.200. The monoisotopic (exact) mass is 424 g/mol. The molecule has 0 aromatic carbocycles. The van der Waals surface area contributed by atoms with E-state index >= 15 is 0 Å². The van der Waals surface area contributed by atoms with E-state index in [0.29, 0.717) is 0 Å². The van der Waals surface area contributed by atoms with Crippen molar-refractivity contribution in [2.45, 2.75) is 11.5 Å². The summed E-state index contributed by atoms with van der Waals surface area (Å²) in [6.45, 7) is 0. The van der Waals surface area contributed by atoms with E-state index in [1.807, 2.05) is 22.7 Å². The van der Waals surface area contributed by atoms with Crippen molar-refractivity contribution in [3.63, 3.8) is 0 Å². The van der Waals surface area contributed by atoms with E-state index in [1.165, 1.54) is 17.3 Å². The second-order valence-electron chi connectivity index (χ2n) is 4.21. The van der Waals surface area contributed by atoms with Gasteiger partial charge in [0.15, 0.2) is 0 Å². The average Bonchev–Trinajstić information content (AvgIpc) is 2.72. The van der Waals surface area contributed by atoms with Gasteiger partial charge in [-0.3, -0.25) is 0 Å². The van der Waals surface area contributed by atoms with Crippen molar-refractivity contribution in [2.24, 2.45) is 0 Å². The van der Waals surface area contributed by atoms with E-state index in [1.54, 1.807) is 8.79 Å². The van der Waals surface area contributed by atoms with E-state index in [-0.39, 0.29) is 0 Å². The molecule has 2 aromatic rings. The molecule has 0 bridgehead atoms. The number of hydrogen-bond donors (Lipinski definition) is 0. The summed E-state index contributed by atoms with van der Waals surface area (Å²) in [6, 6.07) is 4.70. The summed E-state index contributed by atoms with van der Waals surface area (Å²) < 4.78 is 5.86. The van der Waals surface area contributed by atoms with Crippen LogP contribution in [0, 0.1) is 0 Å². The van der Waals surface area contributed by atoms with Crippen LogP contribution in [0.1, 0.15) is 0 Å². The molecule has 0 nitrogen and oxygen atoms in total. The summed E-state index contributed by atoms with van der Waals surface area (Å²) in [5, 5.41) is 0. The Morgan fingerprint density at radius 1 is 0.933 bits per heavy atom. The Balaban J connectivity index is 2.38. The Morgan fingerprint density at radius 3 is 1.73 bits per heavy atom. The summed E-state index contributed by atoms with van der Waals surface area (Å²) in [7, 11) is 0. The van der Waals surface area contributed by atoms with Gasteiger partial charge in [0.05, 0.1) is 0 Å². The van der Waals surface area contributed by atoms with Crippen LogP contribution in [0.25, 0.3) is 9.75 Å². The van der Waals surface area contributed by atoms with Gasteiger partial charge in [-0.05, 0) is 0 Å². The maximum absolute atomic E-state index is 3.61. The quantitative estimate of drug-likeness (QED) is 0.558. The first-order chi connectivity index (χ1) is 7.00. The van der Waals surface area contributed by atoms with Gasteiger partial charge in [-0.2, -0.15) is 0 Å². The fourth-order valence-electron chi connectivity index (χ4n) is 2.13. The molecule has 2 aromatic heterocycles. The Bertz CT molecular complexity index is 506. The second-order valence-corrected chi connectivity index (χ2v) is 18.2. The summed E-state index contributed by atoms with van der Waals surface area (Å²) in [5.74, 6) is 4.98. The average molecular weight is 425 g/mol. The molecule has 1 aliphatic rings. The van der Waals surface area contributed by atoms with Gasteiger partial charge in [-0.25, -0.2) is 0 Å². The molecule has 0 fully saturated rings. The van der Waals surface area contributed by atoms with Gasteiger partial charge in [-0.15, -0.1) is 0 Å². The zero-order valence-corrected chi connectivity index (χ0v) is 15.1. The summed E-state index contributed by atoms with van der Waals surface area (Å²) in [4.78, 5) is 3.05. The normalized spacial score (nSPS) is 16.5. The first-order valence-corrected chi connectivity index (χ1v) is 14.1. The Labute approximate surface area is 116 Å². The third-order valence-corrected chi connectivity index (χ3v) is 14.5. The summed E-state index contributed by atoms with van der Waals surface area (Å²) in [6.07, 6.45) is 0. The van der Waals surface area contributed by atoms with Crippen molar-refractivity contribution >= 4 is 76.6 Å². The van der Waals surface area contributed by atoms with Crippen LogP contribution in [0.5, 0.6) is 0 Å². The molecule has 5 heteroatoms. The van der Waals surface area contributed by atoms with Crippen LogP contribution in [0.2, 0.25) is 11.5 Å². The zero-order chi connectivity index (χ0) is 10.8. The second kappa shape index (κ2) is 3.45. The van der Waals surface area contributed by atoms with Crippen LogP contribution in [0.15, 0.2) is 19.7 Å². The minimum atomic E-state index is -1.92. The molecule has 15 heavy (non-hydrogen) atoms. The Morgan fingerprint density at radius 2 is 1.33 bits per heavy atom. The maximum atomic E-state index is 3.61. The molecule has 3 rings (SSSR count). The van der Waals surface area contributed by atoms with E-state index < -0.39 is 13.3 Å². The first kappa shape index (κ1) is 11.0. The summed E-state index contributed by atoms with van der Waals surface area (Å²) in [5.41, 5.74) is 0. The SMILES string of the molecule is [CH3][Ge]1([CH3])[c]2cc(Br)sc2-c2sc(Br)c[c]21. The van der Waals surface area contributed by atoms with Gasteiger partial charge in [0.1, 0.15) is 0 Å². The van der Waals surface area contributed by atoms with Gasteiger partial charge < -0.3 is 0 Å². The van der Waals surface area contributed by atoms with Crippen molar-refractivity contribution in [3.8, 4) is 9.75 Å². The van der Waals surface area contributed by atoms with Crippen molar-refractivity contribution in [1.29, 1.82) is 0 Å². The van der Waals surface area contributed by atoms with E-state index in [2.05, 4.69) is 55.5 Å². The molecule has 3 heterocycles. The molecule has 0 amide bonds. The molecule has 0 unspecified atom stereocenters. The van der Waals surface area contributed by atoms with Gasteiger partial charge >= 0.3 is 118 Å². The third-order valence-electron chi connectivity index (χ3n) is 2.96. The molecule has 0 radical (unpaired) electrons. The number of hydrogen-bond acceptors (Lipinski definition) is 2. The summed E-state index contributed by atoms with van der Waals surface area (Å²) >= 11 is 9.08. The van der Waals surface area contributed by atoms with Crippen LogP contribution in [0.4, 0.5) is 0 Å². The van der Waals surface area contributed by atoms with Gasteiger partial charge in [0.2, 0.25) is 0 Å². The van der Waals surface area contributed by atoms with Gasteiger partial charge in [-0.1, -0.05) is 0 Å². The molecule has 0 atom stereocenters. The van der Waals surface area contributed by atoms with Crippen molar-refractivity contribution in [1.82, 2.24) is 0 Å². The van der Waals surface area contributed by atoms with Crippen molar-refractivity contribution in [2.75, 3.05) is 0 Å². The van der Waals surface area contributed by atoms with Gasteiger partial charge in [0.25, 0.3) is 0 Å². The first-order valence-electron chi connectivity index (χ1n) is 4.60. The molecule has 0 aliphatic carbocycles. The van der Waals surface area contributed by atoms with Crippen LogP contribution in [-0.2, 0) is 0 Å². The van der Waals surface area contributed by atoms with Gasteiger partial charge in [0, 0.05) is 0 Å². The Kier molecular flexibility index (Phi) is 2.53. The molecular formula is C10H8Br2GeS2. The molecule has 78 valence electrons. The predicted octanol–water partition coefficient (Wildman–Crippen LogP) is 4.14. The molecule has 0 saturated carbocycles. The standard InChI is InChI=1S/C10H8Br2GeS2/c1-13(2)5-3-7(11)14-9(5)10-6(13)4-8(12)15-10/h3-4H,1-2H3.